The van der Waals surface area contributed by atoms with Gasteiger partial charge in [-0.15, -0.1) is 0 Å². The Morgan fingerprint density at radius 3 is 2.68 bits per heavy atom. The summed E-state index contributed by atoms with van der Waals surface area (Å²) < 4.78 is 5.31. The van der Waals surface area contributed by atoms with Gasteiger partial charge in [-0.2, -0.15) is 0 Å². The van der Waals surface area contributed by atoms with Crippen molar-refractivity contribution in [2.45, 2.75) is 25.8 Å². The van der Waals surface area contributed by atoms with E-state index in [-0.39, 0.29) is 0 Å². The molecule has 2 N–H and O–H groups in total. The van der Waals surface area contributed by atoms with E-state index in [1.807, 2.05) is 42.5 Å². The minimum absolute atomic E-state index is 0.300. The fraction of sp³-hybridized carbons (Fsp3) is 0.267. The highest BCUT2D eigenvalue weighted by atomic mass is 32.1. The summed E-state index contributed by atoms with van der Waals surface area (Å²) in [4.78, 5) is 0. The second-order valence-corrected chi connectivity index (χ2v) is 4.89. The molecule has 2 aromatic rings. The van der Waals surface area contributed by atoms with Crippen LogP contribution < -0.4 is 10.6 Å². The number of hydrogen-bond acceptors (Lipinski definition) is 2. The van der Waals surface area contributed by atoms with Gasteiger partial charge >= 0.3 is 0 Å². The molecule has 3 nitrogen and oxygen atoms in total. The molecule has 1 aromatic heterocycles. The zero-order chi connectivity index (χ0) is 13.5. The largest absolute Gasteiger partial charge is 0.469 e. The van der Waals surface area contributed by atoms with Gasteiger partial charge in [0.05, 0.1) is 6.26 Å². The highest BCUT2D eigenvalue weighted by Crippen LogP contribution is 2.07. The lowest BCUT2D eigenvalue weighted by molar-refractivity contribution is 0.483. The third-order valence-electron chi connectivity index (χ3n) is 2.81. The first-order valence-electron chi connectivity index (χ1n) is 6.39. The Hall–Kier alpha value is -1.81. The first kappa shape index (κ1) is 13.6. The molecule has 0 bridgehead atoms. The van der Waals surface area contributed by atoms with Crippen LogP contribution in [0.5, 0.6) is 0 Å². The Morgan fingerprint density at radius 1 is 1.21 bits per heavy atom. The second kappa shape index (κ2) is 6.95. The number of benzene rings is 1. The Morgan fingerprint density at radius 2 is 2.00 bits per heavy atom. The van der Waals surface area contributed by atoms with E-state index in [2.05, 4.69) is 17.6 Å². The van der Waals surface area contributed by atoms with E-state index < -0.39 is 0 Å². The van der Waals surface area contributed by atoms with E-state index >= 15 is 0 Å². The molecule has 0 spiro atoms. The molecular weight excluding hydrogens is 256 g/mol. The number of nitrogens with one attached hydrogen (secondary N) is 2. The van der Waals surface area contributed by atoms with Gasteiger partial charge in [-0.3, -0.25) is 0 Å². The molecule has 0 amide bonds. The van der Waals surface area contributed by atoms with Crippen LogP contribution in [-0.2, 0) is 6.42 Å². The summed E-state index contributed by atoms with van der Waals surface area (Å²) in [5.74, 6) is 1.01. The van der Waals surface area contributed by atoms with Crippen LogP contribution in [0.2, 0.25) is 0 Å². The topological polar surface area (TPSA) is 37.2 Å². The molecule has 0 saturated heterocycles. The first-order valence-corrected chi connectivity index (χ1v) is 6.80. The molecule has 1 aromatic carbocycles. The van der Waals surface area contributed by atoms with Crippen LogP contribution in [-0.4, -0.2) is 11.2 Å². The van der Waals surface area contributed by atoms with Crippen molar-refractivity contribution >= 4 is 23.0 Å². The molecule has 0 saturated carbocycles. The van der Waals surface area contributed by atoms with Gasteiger partial charge < -0.3 is 15.1 Å². The second-order valence-electron chi connectivity index (χ2n) is 4.48. The summed E-state index contributed by atoms with van der Waals surface area (Å²) in [7, 11) is 0. The van der Waals surface area contributed by atoms with E-state index in [1.54, 1.807) is 6.26 Å². The number of anilines is 1. The van der Waals surface area contributed by atoms with E-state index in [9.17, 15) is 0 Å². The van der Waals surface area contributed by atoms with Gasteiger partial charge in [-0.05, 0) is 49.8 Å². The van der Waals surface area contributed by atoms with Crippen molar-refractivity contribution in [1.29, 1.82) is 0 Å². The maximum Gasteiger partial charge on any atom is 0.170 e. The number of rotatable bonds is 5. The minimum atomic E-state index is 0.300. The first-order chi connectivity index (χ1) is 9.24. The smallest absolute Gasteiger partial charge is 0.170 e. The van der Waals surface area contributed by atoms with Crippen LogP contribution in [0.4, 0.5) is 5.69 Å². The third-order valence-corrected chi connectivity index (χ3v) is 3.03. The zero-order valence-electron chi connectivity index (χ0n) is 10.9. The van der Waals surface area contributed by atoms with Crippen LogP contribution >= 0.6 is 12.2 Å². The average molecular weight is 274 g/mol. The van der Waals surface area contributed by atoms with Gasteiger partial charge in [0.2, 0.25) is 0 Å². The van der Waals surface area contributed by atoms with Crippen molar-refractivity contribution < 1.29 is 4.42 Å². The van der Waals surface area contributed by atoms with Gasteiger partial charge in [0, 0.05) is 18.2 Å². The highest BCUT2D eigenvalue weighted by Gasteiger charge is 2.06. The molecule has 2 rings (SSSR count). The number of furan rings is 1. The number of hydrogen-bond donors (Lipinski definition) is 2. The van der Waals surface area contributed by atoms with Gasteiger partial charge in [0.25, 0.3) is 0 Å². The highest BCUT2D eigenvalue weighted by molar-refractivity contribution is 7.80. The van der Waals surface area contributed by atoms with Crippen molar-refractivity contribution in [3.63, 3.8) is 0 Å². The Kier molecular flexibility index (Phi) is 4.98. The fourth-order valence-electron chi connectivity index (χ4n) is 1.80. The van der Waals surface area contributed by atoms with Crippen molar-refractivity contribution in [3.8, 4) is 0 Å². The van der Waals surface area contributed by atoms with Crippen molar-refractivity contribution in [2.75, 3.05) is 5.32 Å². The molecule has 1 heterocycles. The SMILES string of the molecule is CC(CCc1ccco1)NC(=S)Nc1ccccc1. The van der Waals surface area contributed by atoms with Crippen LogP contribution in [0.15, 0.2) is 53.1 Å². The molecule has 4 heteroatoms. The molecule has 0 fully saturated rings. The standard InChI is InChI=1S/C15H18N2OS/c1-12(9-10-14-8-5-11-18-14)16-15(19)17-13-6-3-2-4-7-13/h2-8,11-12H,9-10H2,1H3,(H2,16,17,19). The van der Waals surface area contributed by atoms with Crippen molar-refractivity contribution in [2.24, 2.45) is 0 Å². The van der Waals surface area contributed by atoms with Gasteiger partial charge in [-0.25, -0.2) is 0 Å². The van der Waals surface area contributed by atoms with Gasteiger partial charge in [-0.1, -0.05) is 18.2 Å². The minimum Gasteiger partial charge on any atom is -0.469 e. The van der Waals surface area contributed by atoms with E-state index in [4.69, 9.17) is 16.6 Å². The molecule has 1 unspecified atom stereocenters. The van der Waals surface area contributed by atoms with Crippen LogP contribution in [0.1, 0.15) is 19.1 Å². The van der Waals surface area contributed by atoms with Crippen LogP contribution in [0.25, 0.3) is 0 Å². The molecule has 1 atom stereocenters. The normalized spacial score (nSPS) is 11.8. The summed E-state index contributed by atoms with van der Waals surface area (Å²) >= 11 is 5.28. The van der Waals surface area contributed by atoms with Crippen molar-refractivity contribution in [3.05, 3.63) is 54.5 Å². The Balaban J connectivity index is 1.72. The molecule has 0 aliphatic rings. The molecule has 0 aliphatic heterocycles. The van der Waals surface area contributed by atoms with E-state index in [0.29, 0.717) is 11.2 Å². The fourth-order valence-corrected chi connectivity index (χ4v) is 2.12. The van der Waals surface area contributed by atoms with Crippen LogP contribution in [0.3, 0.4) is 0 Å². The molecule has 0 radical (unpaired) electrons. The number of para-hydroxylation sites is 1. The number of thiocarbonyl (C=S) groups is 1. The Labute approximate surface area is 119 Å². The molecular formula is C15H18N2OS. The number of aryl methyl sites for hydroxylation is 1. The van der Waals surface area contributed by atoms with E-state index in [0.717, 1.165) is 24.3 Å². The lowest BCUT2D eigenvalue weighted by atomic mass is 10.1. The summed E-state index contributed by atoms with van der Waals surface area (Å²) in [5.41, 5.74) is 0.998. The van der Waals surface area contributed by atoms with Crippen molar-refractivity contribution in [1.82, 2.24) is 5.32 Å². The predicted molar refractivity (Wildman–Crippen MR) is 82.3 cm³/mol. The maximum absolute atomic E-state index is 5.31. The molecule has 100 valence electrons. The van der Waals surface area contributed by atoms with E-state index in [1.165, 1.54) is 0 Å². The third kappa shape index (κ3) is 4.75. The average Bonchev–Trinajstić information content (AvgIpc) is 2.90. The lowest BCUT2D eigenvalue weighted by Gasteiger charge is -2.16. The lowest BCUT2D eigenvalue weighted by Crippen LogP contribution is -2.36. The van der Waals surface area contributed by atoms with Gasteiger partial charge in [0.1, 0.15) is 5.76 Å². The zero-order valence-corrected chi connectivity index (χ0v) is 11.7. The molecule has 0 aliphatic carbocycles. The van der Waals surface area contributed by atoms with Crippen LogP contribution in [0, 0.1) is 0 Å². The van der Waals surface area contributed by atoms with Gasteiger partial charge in [0.15, 0.2) is 5.11 Å². The quantitative estimate of drug-likeness (QED) is 0.817. The Bertz CT molecular complexity index is 496. The summed E-state index contributed by atoms with van der Waals surface area (Å²) in [6, 6.07) is 14.1. The maximum atomic E-state index is 5.31. The molecule has 19 heavy (non-hydrogen) atoms. The predicted octanol–water partition coefficient (Wildman–Crippen LogP) is 3.59. The summed E-state index contributed by atoms with van der Waals surface area (Å²) in [5, 5.41) is 7.08. The monoisotopic (exact) mass is 274 g/mol. The summed E-state index contributed by atoms with van der Waals surface area (Å²) in [6.07, 6.45) is 3.59. The summed E-state index contributed by atoms with van der Waals surface area (Å²) in [6.45, 7) is 2.11.